The molecule has 2 unspecified atom stereocenters. The van der Waals surface area contributed by atoms with Crippen molar-refractivity contribution in [1.29, 1.82) is 0 Å². The topological polar surface area (TPSA) is 12.0 Å². The minimum atomic E-state index is 0.565. The van der Waals surface area contributed by atoms with Gasteiger partial charge in [-0.05, 0) is 30.9 Å². The minimum Gasteiger partial charge on any atom is -0.310 e. The molecule has 0 amide bonds. The van der Waals surface area contributed by atoms with Crippen LogP contribution in [0.3, 0.4) is 0 Å². The molecular formula is C14H18Cl3N. The van der Waals surface area contributed by atoms with Crippen molar-refractivity contribution in [2.45, 2.75) is 45.2 Å². The predicted molar refractivity (Wildman–Crippen MR) is 79.7 cm³/mol. The zero-order valence-electron chi connectivity index (χ0n) is 10.5. The van der Waals surface area contributed by atoms with Crippen molar-refractivity contribution in [3.05, 3.63) is 32.8 Å². The lowest BCUT2D eigenvalue weighted by Gasteiger charge is -2.28. The maximum atomic E-state index is 6.19. The molecule has 0 spiro atoms. The van der Waals surface area contributed by atoms with Gasteiger partial charge in [0.05, 0.1) is 10.0 Å². The van der Waals surface area contributed by atoms with Crippen molar-refractivity contribution in [3.8, 4) is 0 Å². The minimum absolute atomic E-state index is 0.565. The Kier molecular flexibility index (Phi) is 5.20. The summed E-state index contributed by atoms with van der Waals surface area (Å²) in [6, 6.07) is 4.11. The van der Waals surface area contributed by atoms with E-state index in [1.165, 1.54) is 25.7 Å². The molecule has 0 saturated heterocycles. The quantitative estimate of drug-likeness (QED) is 0.746. The molecule has 1 N–H and O–H groups in total. The van der Waals surface area contributed by atoms with E-state index in [1.54, 1.807) is 12.1 Å². The van der Waals surface area contributed by atoms with Crippen LogP contribution in [0.1, 0.15) is 38.2 Å². The fraction of sp³-hybridized carbons (Fsp3) is 0.571. The van der Waals surface area contributed by atoms with E-state index in [9.17, 15) is 0 Å². The summed E-state index contributed by atoms with van der Waals surface area (Å²) in [5, 5.41) is 5.37. The van der Waals surface area contributed by atoms with Crippen LogP contribution in [-0.4, -0.2) is 6.04 Å². The molecule has 1 aliphatic carbocycles. The molecule has 2 atom stereocenters. The number of hydrogen-bond donors (Lipinski definition) is 1. The zero-order valence-corrected chi connectivity index (χ0v) is 12.7. The van der Waals surface area contributed by atoms with Gasteiger partial charge in [0.25, 0.3) is 0 Å². The van der Waals surface area contributed by atoms with Crippen molar-refractivity contribution < 1.29 is 0 Å². The second-order valence-electron chi connectivity index (χ2n) is 5.17. The van der Waals surface area contributed by atoms with Gasteiger partial charge in [-0.15, -0.1) is 0 Å². The Labute approximate surface area is 124 Å². The molecule has 1 fully saturated rings. The Balaban J connectivity index is 1.99. The third kappa shape index (κ3) is 3.54. The average Bonchev–Trinajstić information content (AvgIpc) is 2.34. The largest absolute Gasteiger partial charge is 0.310 e. The van der Waals surface area contributed by atoms with Gasteiger partial charge in [0.15, 0.2) is 0 Å². The lowest BCUT2D eigenvalue weighted by atomic mass is 9.87. The van der Waals surface area contributed by atoms with Gasteiger partial charge < -0.3 is 5.32 Å². The predicted octanol–water partition coefficient (Wildman–Crippen LogP) is 5.32. The summed E-state index contributed by atoms with van der Waals surface area (Å²) in [6.45, 7) is 3.00. The first-order chi connectivity index (χ1) is 8.58. The first-order valence-electron chi connectivity index (χ1n) is 6.43. The van der Waals surface area contributed by atoms with Gasteiger partial charge in [-0.1, -0.05) is 54.6 Å². The summed E-state index contributed by atoms with van der Waals surface area (Å²) < 4.78 is 0. The van der Waals surface area contributed by atoms with E-state index in [1.807, 2.05) is 0 Å². The highest BCUT2D eigenvalue weighted by atomic mass is 35.5. The molecular weight excluding hydrogens is 289 g/mol. The van der Waals surface area contributed by atoms with Crippen molar-refractivity contribution in [3.63, 3.8) is 0 Å². The highest BCUT2D eigenvalue weighted by Crippen LogP contribution is 2.32. The van der Waals surface area contributed by atoms with E-state index in [-0.39, 0.29) is 0 Å². The highest BCUT2D eigenvalue weighted by Gasteiger charge is 2.19. The third-order valence-electron chi connectivity index (χ3n) is 3.64. The molecule has 1 saturated carbocycles. The van der Waals surface area contributed by atoms with Crippen LogP contribution in [-0.2, 0) is 6.54 Å². The summed E-state index contributed by atoms with van der Waals surface area (Å²) in [5.41, 5.74) is 0.907. The lowest BCUT2D eigenvalue weighted by Crippen LogP contribution is -2.33. The molecule has 0 aromatic heterocycles. The molecule has 1 nitrogen and oxygen atoms in total. The fourth-order valence-corrected chi connectivity index (χ4v) is 3.28. The zero-order chi connectivity index (χ0) is 13.1. The van der Waals surface area contributed by atoms with Gasteiger partial charge in [-0.25, -0.2) is 0 Å². The molecule has 2 rings (SSSR count). The number of nitrogens with one attached hydrogen (secondary N) is 1. The summed E-state index contributed by atoms with van der Waals surface area (Å²) in [4.78, 5) is 0. The van der Waals surface area contributed by atoms with Crippen LogP contribution in [0.4, 0.5) is 0 Å². The average molecular weight is 307 g/mol. The molecule has 1 aliphatic rings. The Hall–Kier alpha value is 0.0500. The molecule has 100 valence electrons. The smallest absolute Gasteiger partial charge is 0.0652 e. The Morgan fingerprint density at radius 2 is 1.89 bits per heavy atom. The van der Waals surface area contributed by atoms with Crippen molar-refractivity contribution in [1.82, 2.24) is 5.32 Å². The van der Waals surface area contributed by atoms with Gasteiger partial charge in [0.1, 0.15) is 0 Å². The van der Waals surface area contributed by atoms with E-state index in [4.69, 9.17) is 34.8 Å². The number of benzene rings is 1. The monoisotopic (exact) mass is 305 g/mol. The van der Waals surface area contributed by atoms with Gasteiger partial charge in [-0.3, -0.25) is 0 Å². The molecule has 1 aromatic carbocycles. The third-order valence-corrected chi connectivity index (χ3v) is 4.84. The Bertz CT molecular complexity index is 420. The lowest BCUT2D eigenvalue weighted by molar-refractivity contribution is 0.300. The molecule has 0 bridgehead atoms. The van der Waals surface area contributed by atoms with E-state index in [2.05, 4.69) is 12.2 Å². The first kappa shape index (κ1) is 14.5. The van der Waals surface area contributed by atoms with Gasteiger partial charge in [0, 0.05) is 23.2 Å². The second kappa shape index (κ2) is 6.47. The first-order valence-corrected chi connectivity index (χ1v) is 7.57. The van der Waals surface area contributed by atoms with E-state index >= 15 is 0 Å². The van der Waals surface area contributed by atoms with Crippen LogP contribution >= 0.6 is 34.8 Å². The summed E-state index contributed by atoms with van der Waals surface area (Å²) >= 11 is 18.4. The summed E-state index contributed by atoms with van der Waals surface area (Å²) in [5.74, 6) is 0.807. The van der Waals surface area contributed by atoms with Crippen LogP contribution in [0.15, 0.2) is 12.1 Å². The molecule has 0 aliphatic heterocycles. The van der Waals surface area contributed by atoms with Gasteiger partial charge in [0.2, 0.25) is 0 Å². The van der Waals surface area contributed by atoms with Crippen molar-refractivity contribution >= 4 is 34.8 Å². The van der Waals surface area contributed by atoms with Crippen molar-refractivity contribution in [2.75, 3.05) is 0 Å². The fourth-order valence-electron chi connectivity index (χ4n) is 2.60. The molecule has 1 aromatic rings. The van der Waals surface area contributed by atoms with Gasteiger partial charge in [-0.2, -0.15) is 0 Å². The number of hydrogen-bond acceptors (Lipinski definition) is 1. The van der Waals surface area contributed by atoms with Crippen LogP contribution < -0.4 is 5.32 Å². The van der Waals surface area contributed by atoms with E-state index in [0.717, 1.165) is 11.5 Å². The summed E-state index contributed by atoms with van der Waals surface area (Å²) in [7, 11) is 0. The highest BCUT2D eigenvalue weighted by molar-refractivity contribution is 6.44. The molecule has 18 heavy (non-hydrogen) atoms. The molecule has 0 heterocycles. The second-order valence-corrected chi connectivity index (χ2v) is 6.36. The molecule has 4 heteroatoms. The standard InChI is InChI=1S/C14H18Cl3N/c1-9-3-2-4-10(7-9)18-8-11-12(15)5-6-13(16)14(11)17/h5-6,9-10,18H,2-4,7-8H2,1H3. The SMILES string of the molecule is CC1CCCC(NCc2c(Cl)ccc(Cl)c2Cl)C1. The number of halogens is 3. The van der Waals surface area contributed by atoms with Crippen LogP contribution in [0, 0.1) is 5.92 Å². The van der Waals surface area contributed by atoms with Crippen LogP contribution in [0.25, 0.3) is 0 Å². The van der Waals surface area contributed by atoms with Crippen LogP contribution in [0.5, 0.6) is 0 Å². The molecule has 0 radical (unpaired) electrons. The normalized spacial score (nSPS) is 24.2. The number of rotatable bonds is 3. The van der Waals surface area contributed by atoms with Crippen LogP contribution in [0.2, 0.25) is 15.1 Å². The summed E-state index contributed by atoms with van der Waals surface area (Å²) in [6.07, 6.45) is 5.11. The Morgan fingerprint density at radius 1 is 1.17 bits per heavy atom. The van der Waals surface area contributed by atoms with E-state index in [0.29, 0.717) is 27.7 Å². The maximum Gasteiger partial charge on any atom is 0.0652 e. The Morgan fingerprint density at radius 3 is 2.61 bits per heavy atom. The maximum absolute atomic E-state index is 6.19. The van der Waals surface area contributed by atoms with Crippen molar-refractivity contribution in [2.24, 2.45) is 5.92 Å². The van der Waals surface area contributed by atoms with Gasteiger partial charge >= 0.3 is 0 Å². The van der Waals surface area contributed by atoms with E-state index < -0.39 is 0 Å².